The van der Waals surface area contributed by atoms with Crippen LogP contribution in [0.25, 0.3) is 10.9 Å². The molecule has 1 aromatic carbocycles. The lowest BCUT2D eigenvalue weighted by molar-refractivity contribution is -0.142. The molecule has 0 aliphatic carbocycles. The van der Waals surface area contributed by atoms with Crippen LogP contribution in [-0.4, -0.2) is 128 Å². The van der Waals surface area contributed by atoms with E-state index in [-0.39, 0.29) is 25.1 Å². The van der Waals surface area contributed by atoms with Gasteiger partial charge in [0.05, 0.1) is 16.7 Å². The van der Waals surface area contributed by atoms with E-state index in [1.807, 2.05) is 18.2 Å². The van der Waals surface area contributed by atoms with Gasteiger partial charge < -0.3 is 52.0 Å². The van der Waals surface area contributed by atoms with Crippen LogP contribution >= 0.6 is 11.8 Å². The van der Waals surface area contributed by atoms with Crippen LogP contribution in [0.1, 0.15) is 59.4 Å². The molecule has 288 valence electrons. The molecule has 2 aromatic rings. The average Bonchev–Trinajstić information content (AvgIpc) is 3.71. The van der Waals surface area contributed by atoms with Gasteiger partial charge in [-0.05, 0) is 59.1 Å². The van der Waals surface area contributed by atoms with Crippen LogP contribution in [0.5, 0.6) is 0 Å². The predicted molar refractivity (Wildman–Crippen MR) is 193 cm³/mol. The molecule has 2 bridgehead atoms. The molecule has 8 atom stereocenters. The first-order valence-corrected chi connectivity index (χ1v) is 18.7. The van der Waals surface area contributed by atoms with Gasteiger partial charge >= 0.3 is 0 Å². The van der Waals surface area contributed by atoms with Gasteiger partial charge in [0, 0.05) is 36.0 Å². The summed E-state index contributed by atoms with van der Waals surface area (Å²) in [6.45, 7) is 7.15. The normalized spacial score (nSPS) is 29.2. The largest absolute Gasteiger partial charge is 0.391 e. The van der Waals surface area contributed by atoms with Crippen molar-refractivity contribution in [3.05, 3.63) is 29.8 Å². The number of thioether (sulfide) groups is 1. The summed E-state index contributed by atoms with van der Waals surface area (Å²) < 4.78 is 0. The smallest absolute Gasteiger partial charge is 0.246 e. The SMILES string of the molecule is C[C@@H]1NC(=O)[C@H](CC(C)(C)O)NC(=O)[C@@H]2Cc3c([nH]c4ccccc34)SC[C@H](NC(=O)[C@@H]([C@H](C)O)NC1=O)C(=O)N1CCC[C@H]1C(=O)N[C@@H](C)C(=O)N2. The van der Waals surface area contributed by atoms with Crippen LogP contribution in [0.2, 0.25) is 0 Å². The van der Waals surface area contributed by atoms with Crippen molar-refractivity contribution in [2.24, 2.45) is 0 Å². The number of carbonyl (C=O) groups excluding carboxylic acids is 7. The molecule has 4 heterocycles. The van der Waals surface area contributed by atoms with Crippen molar-refractivity contribution in [2.45, 2.75) is 119 Å². The van der Waals surface area contributed by atoms with E-state index in [0.717, 1.165) is 0 Å². The number of hydrogen-bond donors (Lipinski definition) is 9. The lowest BCUT2D eigenvalue weighted by Crippen LogP contribution is -2.61. The van der Waals surface area contributed by atoms with Gasteiger partial charge in [-0.1, -0.05) is 18.2 Å². The highest BCUT2D eigenvalue weighted by molar-refractivity contribution is 7.99. The van der Waals surface area contributed by atoms with Crippen molar-refractivity contribution < 1.29 is 43.8 Å². The second-order valence-corrected chi connectivity index (χ2v) is 15.6. The number of carbonyl (C=O) groups is 7. The molecule has 1 saturated heterocycles. The van der Waals surface area contributed by atoms with E-state index in [2.05, 4.69) is 36.9 Å². The van der Waals surface area contributed by atoms with E-state index >= 15 is 0 Å². The molecule has 5 rings (SSSR count). The number of aliphatic hydroxyl groups excluding tert-OH is 1. The monoisotopic (exact) mass is 756 g/mol. The number of rotatable bonds is 3. The molecular weight excluding hydrogens is 708 g/mol. The Balaban J connectivity index is 1.68. The summed E-state index contributed by atoms with van der Waals surface area (Å²) in [5.74, 6) is -5.28. The van der Waals surface area contributed by atoms with E-state index in [0.29, 0.717) is 34.3 Å². The summed E-state index contributed by atoms with van der Waals surface area (Å²) in [7, 11) is 0. The number of benzene rings is 1. The number of aromatic amines is 1. The fourth-order valence-corrected chi connectivity index (χ4v) is 7.85. The maximum Gasteiger partial charge on any atom is 0.246 e. The lowest BCUT2D eigenvalue weighted by Gasteiger charge is -2.31. The number of para-hydroxylation sites is 1. The summed E-state index contributed by atoms with van der Waals surface area (Å²) in [5, 5.41) is 38.3. The zero-order valence-electron chi connectivity index (χ0n) is 30.3. The molecule has 53 heavy (non-hydrogen) atoms. The Morgan fingerprint density at radius 2 is 1.47 bits per heavy atom. The van der Waals surface area contributed by atoms with Crippen LogP contribution in [-0.2, 0) is 40.0 Å². The van der Waals surface area contributed by atoms with Gasteiger partial charge in [0.2, 0.25) is 41.4 Å². The highest BCUT2D eigenvalue weighted by Crippen LogP contribution is 2.32. The first-order chi connectivity index (χ1) is 24.9. The van der Waals surface area contributed by atoms with Gasteiger partial charge in [-0.15, -0.1) is 11.8 Å². The Bertz CT molecular complexity index is 1770. The van der Waals surface area contributed by atoms with Crippen LogP contribution in [0.15, 0.2) is 29.3 Å². The third kappa shape index (κ3) is 9.28. The van der Waals surface area contributed by atoms with Crippen molar-refractivity contribution >= 4 is 64.0 Å². The molecule has 7 amide bonds. The fraction of sp³-hybridized carbons (Fsp3) is 0.571. The molecule has 0 unspecified atom stereocenters. The molecule has 3 aliphatic rings. The van der Waals surface area contributed by atoms with Gasteiger partial charge in [0.15, 0.2) is 0 Å². The lowest BCUT2D eigenvalue weighted by atomic mass is 9.97. The molecule has 0 spiro atoms. The van der Waals surface area contributed by atoms with Crippen molar-refractivity contribution in [3.63, 3.8) is 0 Å². The van der Waals surface area contributed by atoms with E-state index in [9.17, 15) is 43.8 Å². The molecule has 9 N–H and O–H groups in total. The van der Waals surface area contributed by atoms with E-state index < -0.39 is 95.3 Å². The van der Waals surface area contributed by atoms with Crippen molar-refractivity contribution in [2.75, 3.05) is 12.3 Å². The van der Waals surface area contributed by atoms with Gasteiger partial charge in [-0.25, -0.2) is 0 Å². The Morgan fingerprint density at radius 1 is 0.830 bits per heavy atom. The minimum Gasteiger partial charge on any atom is -0.391 e. The van der Waals surface area contributed by atoms with Crippen LogP contribution < -0.4 is 31.9 Å². The van der Waals surface area contributed by atoms with E-state index in [1.54, 1.807) is 6.07 Å². The highest BCUT2D eigenvalue weighted by Gasteiger charge is 2.41. The summed E-state index contributed by atoms with van der Waals surface area (Å²) >= 11 is 1.17. The summed E-state index contributed by atoms with van der Waals surface area (Å²) in [6, 6.07) is -1.65. The van der Waals surface area contributed by atoms with E-state index in [4.69, 9.17) is 0 Å². The number of nitrogens with one attached hydrogen (secondary N) is 7. The number of aromatic nitrogens is 1. The molecule has 0 radical (unpaired) electrons. The molecule has 1 fully saturated rings. The maximum absolute atomic E-state index is 14.3. The van der Waals surface area contributed by atoms with Crippen LogP contribution in [0.4, 0.5) is 0 Å². The summed E-state index contributed by atoms with van der Waals surface area (Å²) in [5.41, 5.74) is -0.179. The third-order valence-corrected chi connectivity index (χ3v) is 10.7. The second kappa shape index (κ2) is 16.1. The summed E-state index contributed by atoms with van der Waals surface area (Å²) in [4.78, 5) is 101. The first-order valence-electron chi connectivity index (χ1n) is 17.7. The topological polar surface area (TPSA) is 251 Å². The minimum absolute atomic E-state index is 0.0601. The van der Waals surface area contributed by atoms with Gasteiger partial charge in [-0.2, -0.15) is 0 Å². The number of aliphatic hydroxyl groups is 2. The maximum atomic E-state index is 14.3. The molecule has 3 aliphatic heterocycles. The Kier molecular flexibility index (Phi) is 12.0. The van der Waals surface area contributed by atoms with Crippen molar-refractivity contribution in [1.29, 1.82) is 0 Å². The predicted octanol–water partition coefficient (Wildman–Crippen LogP) is -1.69. The minimum atomic E-state index is -1.55. The molecule has 17 nitrogen and oxygen atoms in total. The fourth-order valence-electron chi connectivity index (χ4n) is 6.74. The molecule has 1 aromatic heterocycles. The molecule has 18 heteroatoms. The second-order valence-electron chi connectivity index (χ2n) is 14.6. The van der Waals surface area contributed by atoms with Gasteiger partial charge in [-0.3, -0.25) is 33.6 Å². The Labute approximate surface area is 310 Å². The number of nitrogens with zero attached hydrogens (tertiary/aromatic N) is 1. The quantitative estimate of drug-likeness (QED) is 0.172. The van der Waals surface area contributed by atoms with Crippen molar-refractivity contribution in [3.8, 4) is 0 Å². The number of fused-ring (bicyclic) bond motifs is 5. The van der Waals surface area contributed by atoms with Gasteiger partial charge in [0.1, 0.15) is 42.3 Å². The average molecular weight is 757 g/mol. The third-order valence-electron chi connectivity index (χ3n) is 9.57. The molecular formula is C35H48N8O9S. The zero-order chi connectivity index (χ0) is 38.8. The standard InChI is InChI=1S/C35H48N8O9S/c1-16-27(45)38-22-13-20-19-9-6-7-10-21(19)41-33(20)53-15-24(34(51)43-12-8-11-25(43)31(49)37-16)40-32(50)26(18(3)44)42-28(46)17(2)36-30(48)23(39-29(22)47)14-35(4,5)52/h6-7,9-10,16-18,22-26,41,44,52H,8,11-15H2,1-5H3,(H,36,48)(H,37,49)(H,38,45)(H,39,47)(H,40,50)(H,42,46)/t16-,17-,18-,22-,23-,24-,25-,26+/m0/s1. The first kappa shape index (κ1) is 39.5. The van der Waals surface area contributed by atoms with Crippen molar-refractivity contribution in [1.82, 2.24) is 41.8 Å². The number of hydrogen-bond acceptors (Lipinski definition) is 10. The number of amides is 7. The molecule has 0 saturated carbocycles. The summed E-state index contributed by atoms with van der Waals surface area (Å²) in [6.07, 6.45) is -1.05. The number of H-pyrrole nitrogens is 1. The zero-order valence-corrected chi connectivity index (χ0v) is 31.1. The Hall–Kier alpha value is -4.68. The van der Waals surface area contributed by atoms with E-state index in [1.165, 1.54) is 51.3 Å². The van der Waals surface area contributed by atoms with Gasteiger partial charge in [0.25, 0.3) is 0 Å². The Morgan fingerprint density at radius 3 is 2.15 bits per heavy atom. The van der Waals surface area contributed by atoms with Crippen LogP contribution in [0.3, 0.4) is 0 Å². The highest BCUT2D eigenvalue weighted by atomic mass is 32.2. The van der Waals surface area contributed by atoms with Crippen LogP contribution in [0, 0.1) is 0 Å².